The van der Waals surface area contributed by atoms with Crippen LogP contribution in [0.3, 0.4) is 0 Å². The minimum Gasteiger partial charge on any atom is -0.305 e. The van der Waals surface area contributed by atoms with Crippen LogP contribution >= 0.6 is 23.2 Å². The Morgan fingerprint density at radius 3 is 1.97 bits per heavy atom. The summed E-state index contributed by atoms with van der Waals surface area (Å²) >= 11 is 12.8. The van der Waals surface area contributed by atoms with Gasteiger partial charge in [0.05, 0.1) is 27.2 Å². The lowest BCUT2D eigenvalue weighted by Gasteiger charge is -2.43. The van der Waals surface area contributed by atoms with Gasteiger partial charge >= 0.3 is 0 Å². The lowest BCUT2D eigenvalue weighted by Crippen LogP contribution is -2.48. The molecule has 36 heavy (non-hydrogen) atoms. The molecule has 5 rings (SSSR count). The van der Waals surface area contributed by atoms with Gasteiger partial charge in [-0.3, -0.25) is 9.59 Å². The third-order valence-corrected chi connectivity index (χ3v) is 7.21. The molecule has 0 spiro atoms. The number of hydrogen-bond acceptors (Lipinski definition) is 2. The molecule has 1 aliphatic heterocycles. The van der Waals surface area contributed by atoms with E-state index in [1.165, 1.54) is 0 Å². The Morgan fingerprint density at radius 2 is 1.31 bits per heavy atom. The van der Waals surface area contributed by atoms with Crippen molar-refractivity contribution in [2.45, 2.75) is 25.4 Å². The highest BCUT2D eigenvalue weighted by Crippen LogP contribution is 2.43. The molecule has 180 valence electrons. The Kier molecular flexibility index (Phi) is 6.82. The van der Waals surface area contributed by atoms with Gasteiger partial charge in [-0.15, -0.1) is 0 Å². The van der Waals surface area contributed by atoms with E-state index in [2.05, 4.69) is 0 Å². The Morgan fingerprint density at radius 1 is 0.750 bits per heavy atom. The number of anilines is 2. The second-order valence-electron chi connectivity index (χ2n) is 8.80. The zero-order valence-electron chi connectivity index (χ0n) is 19.6. The van der Waals surface area contributed by atoms with E-state index >= 15 is 0 Å². The quantitative estimate of drug-likeness (QED) is 0.278. The summed E-state index contributed by atoms with van der Waals surface area (Å²) < 4.78 is 0. The van der Waals surface area contributed by atoms with Gasteiger partial charge in [-0.2, -0.15) is 0 Å². The van der Waals surface area contributed by atoms with Crippen LogP contribution in [0.4, 0.5) is 11.4 Å². The van der Waals surface area contributed by atoms with Crippen molar-refractivity contribution in [1.82, 2.24) is 0 Å². The van der Waals surface area contributed by atoms with Crippen LogP contribution in [0, 0.1) is 0 Å². The van der Waals surface area contributed by atoms with Gasteiger partial charge < -0.3 is 9.80 Å². The smallest absolute Gasteiger partial charge is 0.260 e. The van der Waals surface area contributed by atoms with Crippen molar-refractivity contribution in [3.05, 3.63) is 130 Å². The molecule has 1 aliphatic rings. The summed E-state index contributed by atoms with van der Waals surface area (Å²) in [7, 11) is 0. The van der Waals surface area contributed by atoms with Gasteiger partial charge in [0.2, 0.25) is 0 Å². The van der Waals surface area contributed by atoms with Crippen LogP contribution in [0.2, 0.25) is 10.0 Å². The van der Waals surface area contributed by atoms with E-state index < -0.39 is 0 Å². The zero-order valence-corrected chi connectivity index (χ0v) is 21.2. The number of amides is 2. The van der Waals surface area contributed by atoms with Crippen molar-refractivity contribution in [3.8, 4) is 0 Å². The van der Waals surface area contributed by atoms with Crippen LogP contribution in [-0.2, 0) is 0 Å². The summed E-state index contributed by atoms with van der Waals surface area (Å²) in [6, 6.07) is 31.0. The number of hydrogen-bond donors (Lipinski definition) is 0. The van der Waals surface area contributed by atoms with Gasteiger partial charge in [0.15, 0.2) is 0 Å². The highest BCUT2D eigenvalue weighted by molar-refractivity contribution is 6.35. The number of fused-ring (bicyclic) bond motifs is 1. The van der Waals surface area contributed by atoms with Crippen LogP contribution in [0.25, 0.3) is 0 Å². The van der Waals surface area contributed by atoms with Gasteiger partial charge in [-0.05, 0) is 61.4 Å². The molecule has 4 aromatic carbocycles. The number of carbonyl (C=O) groups excluding carboxylic acids is 2. The number of nitrogens with zero attached hydrogens (tertiary/aromatic N) is 2. The zero-order chi connectivity index (χ0) is 25.2. The molecule has 0 saturated heterocycles. The monoisotopic (exact) mass is 514 g/mol. The largest absolute Gasteiger partial charge is 0.305 e. The van der Waals surface area contributed by atoms with E-state index in [9.17, 15) is 9.59 Å². The Balaban J connectivity index is 1.63. The van der Waals surface area contributed by atoms with Crippen molar-refractivity contribution in [3.63, 3.8) is 0 Å². The molecule has 6 heteroatoms. The highest BCUT2D eigenvalue weighted by atomic mass is 35.5. The number of rotatable bonds is 4. The summed E-state index contributed by atoms with van der Waals surface area (Å²) in [6.45, 7) is 2.00. The molecule has 0 unspecified atom stereocenters. The van der Waals surface area contributed by atoms with Crippen LogP contribution in [0.5, 0.6) is 0 Å². The third-order valence-electron chi connectivity index (χ3n) is 6.55. The maximum atomic E-state index is 14.0. The van der Waals surface area contributed by atoms with E-state index in [0.717, 1.165) is 16.9 Å². The fourth-order valence-corrected chi connectivity index (χ4v) is 5.32. The average molecular weight is 515 g/mol. The van der Waals surface area contributed by atoms with Crippen molar-refractivity contribution in [2.24, 2.45) is 0 Å². The Labute approximate surface area is 220 Å². The number of para-hydroxylation sites is 2. The normalized spacial score (nSPS) is 16.8. The molecule has 0 saturated carbocycles. The van der Waals surface area contributed by atoms with Crippen LogP contribution < -0.4 is 9.80 Å². The molecule has 4 nitrogen and oxygen atoms in total. The maximum Gasteiger partial charge on any atom is 0.260 e. The third kappa shape index (κ3) is 4.39. The second kappa shape index (κ2) is 10.2. The molecule has 0 fully saturated rings. The lowest BCUT2D eigenvalue weighted by molar-refractivity contribution is 0.0966. The van der Waals surface area contributed by atoms with Crippen molar-refractivity contribution >= 4 is 46.4 Å². The highest BCUT2D eigenvalue weighted by Gasteiger charge is 2.39. The molecule has 0 bridgehead atoms. The predicted octanol–water partition coefficient (Wildman–Crippen LogP) is 7.82. The van der Waals surface area contributed by atoms with Gasteiger partial charge in [0.25, 0.3) is 11.8 Å². The molecule has 0 aromatic heterocycles. The molecule has 0 N–H and O–H groups in total. The summed E-state index contributed by atoms with van der Waals surface area (Å²) in [5.74, 6) is -0.354. The van der Waals surface area contributed by atoms with E-state index in [4.69, 9.17) is 23.2 Å². The average Bonchev–Trinajstić information content (AvgIpc) is 2.89. The van der Waals surface area contributed by atoms with E-state index in [1.807, 2.05) is 79.7 Å². The minimum absolute atomic E-state index is 0.164. The first kappa shape index (κ1) is 24.1. The summed E-state index contributed by atoms with van der Waals surface area (Å²) in [4.78, 5) is 31.3. The predicted molar refractivity (Wildman–Crippen MR) is 146 cm³/mol. The first-order valence-electron chi connectivity index (χ1n) is 11.8. The maximum absolute atomic E-state index is 14.0. The first-order valence-corrected chi connectivity index (χ1v) is 12.5. The molecular formula is C30H24Cl2N2O2. The number of benzene rings is 4. The second-order valence-corrected chi connectivity index (χ2v) is 9.62. The van der Waals surface area contributed by atoms with Crippen molar-refractivity contribution < 1.29 is 9.59 Å². The number of carbonyl (C=O) groups is 2. The van der Waals surface area contributed by atoms with Gasteiger partial charge in [-0.1, -0.05) is 83.9 Å². The van der Waals surface area contributed by atoms with E-state index in [-0.39, 0.29) is 23.9 Å². The number of halogens is 2. The molecule has 2 atom stereocenters. The standard InChI is InChI=1S/C30H24Cl2N2O2/c1-20-19-28(34(21-11-3-2-4-12-21)30(36)23-14-6-9-17-26(23)32)24-15-7-10-18-27(24)33(20)29(35)22-13-5-8-16-25(22)31/h2-18,20,28H,19H2,1H3/t20-,28+/m1/s1. The van der Waals surface area contributed by atoms with Gasteiger partial charge in [0.1, 0.15) is 0 Å². The molecular weight excluding hydrogens is 491 g/mol. The molecule has 4 aromatic rings. The molecule has 0 radical (unpaired) electrons. The van der Waals surface area contributed by atoms with Crippen LogP contribution in [0.1, 0.15) is 45.7 Å². The molecule has 0 aliphatic carbocycles. The van der Waals surface area contributed by atoms with E-state index in [0.29, 0.717) is 27.6 Å². The molecule has 1 heterocycles. The molecule has 2 amide bonds. The van der Waals surface area contributed by atoms with Crippen molar-refractivity contribution in [2.75, 3.05) is 9.80 Å². The Bertz CT molecular complexity index is 1420. The van der Waals surface area contributed by atoms with Crippen LogP contribution in [0.15, 0.2) is 103 Å². The minimum atomic E-state index is -0.308. The van der Waals surface area contributed by atoms with Crippen molar-refractivity contribution in [1.29, 1.82) is 0 Å². The van der Waals surface area contributed by atoms with Gasteiger partial charge in [0, 0.05) is 17.4 Å². The first-order chi connectivity index (χ1) is 17.5. The topological polar surface area (TPSA) is 40.6 Å². The SMILES string of the molecule is C[C@@H]1C[C@H](N(C(=O)c2ccccc2Cl)c2ccccc2)c2ccccc2N1C(=O)c1ccccc1Cl. The fourth-order valence-electron chi connectivity index (χ4n) is 4.89. The summed E-state index contributed by atoms with van der Waals surface area (Å²) in [5, 5.41) is 0.810. The van der Waals surface area contributed by atoms with E-state index in [1.54, 1.807) is 40.1 Å². The Hall–Kier alpha value is -3.60. The van der Waals surface area contributed by atoms with Gasteiger partial charge in [-0.25, -0.2) is 0 Å². The summed E-state index contributed by atoms with van der Waals surface area (Å²) in [5.41, 5.74) is 3.30. The fraction of sp³-hybridized carbons (Fsp3) is 0.133. The lowest BCUT2D eigenvalue weighted by atomic mass is 9.89. The van der Waals surface area contributed by atoms with Crippen LogP contribution in [-0.4, -0.2) is 17.9 Å². The summed E-state index contributed by atoms with van der Waals surface area (Å²) in [6.07, 6.45) is 0.540.